The van der Waals surface area contributed by atoms with E-state index >= 15 is 0 Å². The zero-order chi connectivity index (χ0) is 14.4. The maximum Gasteiger partial charge on any atom is 0.125 e. The minimum atomic E-state index is 0.00315. The van der Waals surface area contributed by atoms with Gasteiger partial charge in [-0.3, -0.25) is 0 Å². The fourth-order valence-electron chi connectivity index (χ4n) is 1.97. The molecule has 4 heteroatoms. The van der Waals surface area contributed by atoms with Crippen LogP contribution in [0.15, 0.2) is 42.5 Å². The van der Waals surface area contributed by atoms with Crippen LogP contribution in [0.25, 0.3) is 0 Å². The van der Waals surface area contributed by atoms with Gasteiger partial charge in [-0.25, -0.2) is 0 Å². The number of aliphatic hydroxyl groups is 1. The highest BCUT2D eigenvalue weighted by atomic mass is 16.5. The van der Waals surface area contributed by atoms with Crippen molar-refractivity contribution in [1.82, 2.24) is 0 Å². The first-order chi connectivity index (χ1) is 9.76. The largest absolute Gasteiger partial charge is 0.496 e. The van der Waals surface area contributed by atoms with E-state index in [1.165, 1.54) is 0 Å². The molecule has 0 bridgehead atoms. The van der Waals surface area contributed by atoms with Crippen LogP contribution >= 0.6 is 0 Å². The van der Waals surface area contributed by atoms with E-state index in [0.29, 0.717) is 13.2 Å². The Balaban J connectivity index is 2.12. The van der Waals surface area contributed by atoms with E-state index in [1.807, 2.05) is 42.5 Å². The van der Waals surface area contributed by atoms with Crippen LogP contribution < -0.4 is 15.2 Å². The predicted octanol–water partition coefficient (Wildman–Crippen LogP) is 2.23. The highest BCUT2D eigenvalue weighted by Gasteiger charge is 2.05. The molecule has 0 atom stereocenters. The van der Waals surface area contributed by atoms with Crippen molar-refractivity contribution in [2.24, 2.45) is 5.73 Å². The number of rotatable bonds is 6. The summed E-state index contributed by atoms with van der Waals surface area (Å²) in [5.41, 5.74) is 8.45. The van der Waals surface area contributed by atoms with Gasteiger partial charge >= 0.3 is 0 Å². The number of ether oxygens (including phenoxy) is 2. The summed E-state index contributed by atoms with van der Waals surface area (Å²) < 4.78 is 11.1. The third kappa shape index (κ3) is 3.50. The summed E-state index contributed by atoms with van der Waals surface area (Å²) in [6.07, 6.45) is 0. The Bertz CT molecular complexity index is 569. The maximum absolute atomic E-state index is 9.11. The zero-order valence-electron chi connectivity index (χ0n) is 11.5. The summed E-state index contributed by atoms with van der Waals surface area (Å²) in [6, 6.07) is 13.2. The molecule has 2 aromatic rings. The molecule has 0 aliphatic carbocycles. The normalized spacial score (nSPS) is 10.3. The Morgan fingerprint density at radius 1 is 1.10 bits per heavy atom. The first kappa shape index (κ1) is 14.4. The lowest BCUT2D eigenvalue weighted by atomic mass is 10.1. The topological polar surface area (TPSA) is 64.7 Å². The van der Waals surface area contributed by atoms with E-state index in [-0.39, 0.29) is 6.61 Å². The Kier molecular flexibility index (Phi) is 4.98. The van der Waals surface area contributed by atoms with Crippen molar-refractivity contribution in [1.29, 1.82) is 0 Å². The number of hydrogen-bond acceptors (Lipinski definition) is 4. The third-order valence-electron chi connectivity index (χ3n) is 3.06. The summed E-state index contributed by atoms with van der Waals surface area (Å²) >= 11 is 0. The third-order valence-corrected chi connectivity index (χ3v) is 3.06. The molecule has 0 aromatic heterocycles. The quantitative estimate of drug-likeness (QED) is 0.847. The van der Waals surface area contributed by atoms with Crippen LogP contribution in [0.4, 0.5) is 0 Å². The molecule has 0 saturated heterocycles. The standard InChI is InChI=1S/C16H19NO3/c1-19-16-6-5-12(9-17)7-14(16)11-20-15-4-2-3-13(8-15)10-18/h2-8,18H,9-11,17H2,1H3. The summed E-state index contributed by atoms with van der Waals surface area (Å²) in [6.45, 7) is 0.881. The van der Waals surface area contributed by atoms with Crippen LogP contribution in [-0.2, 0) is 19.8 Å². The van der Waals surface area contributed by atoms with E-state index in [2.05, 4.69) is 0 Å². The number of benzene rings is 2. The summed E-state index contributed by atoms with van der Waals surface area (Å²) in [7, 11) is 1.63. The molecule has 0 radical (unpaired) electrons. The van der Waals surface area contributed by atoms with Gasteiger partial charge in [0.25, 0.3) is 0 Å². The second kappa shape index (κ2) is 6.93. The predicted molar refractivity (Wildman–Crippen MR) is 77.6 cm³/mol. The lowest BCUT2D eigenvalue weighted by molar-refractivity contribution is 0.276. The molecule has 0 fully saturated rings. The molecule has 0 spiro atoms. The zero-order valence-corrected chi connectivity index (χ0v) is 11.5. The molecule has 3 N–H and O–H groups in total. The Morgan fingerprint density at radius 3 is 2.65 bits per heavy atom. The van der Waals surface area contributed by atoms with E-state index in [9.17, 15) is 0 Å². The average Bonchev–Trinajstić information content (AvgIpc) is 2.52. The minimum Gasteiger partial charge on any atom is -0.496 e. The lowest BCUT2D eigenvalue weighted by Crippen LogP contribution is -2.02. The molecule has 2 rings (SSSR count). The van der Waals surface area contributed by atoms with Crippen LogP contribution in [-0.4, -0.2) is 12.2 Å². The average molecular weight is 273 g/mol. The van der Waals surface area contributed by atoms with Crippen LogP contribution in [0.5, 0.6) is 11.5 Å². The van der Waals surface area contributed by atoms with Gasteiger partial charge in [0.15, 0.2) is 0 Å². The molecule has 0 amide bonds. The lowest BCUT2D eigenvalue weighted by Gasteiger charge is -2.12. The fraction of sp³-hybridized carbons (Fsp3) is 0.250. The fourth-order valence-corrected chi connectivity index (χ4v) is 1.97. The van der Waals surface area contributed by atoms with Crippen LogP contribution in [0.1, 0.15) is 16.7 Å². The van der Waals surface area contributed by atoms with Crippen molar-refractivity contribution in [3.63, 3.8) is 0 Å². The van der Waals surface area contributed by atoms with Gasteiger partial charge in [0.05, 0.1) is 13.7 Å². The molecule has 0 aliphatic rings. The summed E-state index contributed by atoms with van der Waals surface area (Å²) in [4.78, 5) is 0. The maximum atomic E-state index is 9.11. The molecule has 0 aliphatic heterocycles. The van der Waals surface area contributed by atoms with Gasteiger partial charge in [-0.1, -0.05) is 18.2 Å². The molecule has 4 nitrogen and oxygen atoms in total. The first-order valence-electron chi connectivity index (χ1n) is 6.45. The Hall–Kier alpha value is -2.04. The number of hydrogen-bond donors (Lipinski definition) is 2. The monoisotopic (exact) mass is 273 g/mol. The van der Waals surface area contributed by atoms with Gasteiger partial charge in [-0.2, -0.15) is 0 Å². The van der Waals surface area contributed by atoms with Crippen molar-refractivity contribution in [3.05, 3.63) is 59.2 Å². The molecule has 2 aromatic carbocycles. The van der Waals surface area contributed by atoms with Gasteiger partial charge in [0.2, 0.25) is 0 Å². The van der Waals surface area contributed by atoms with Crippen LogP contribution in [0.2, 0.25) is 0 Å². The second-order valence-electron chi connectivity index (χ2n) is 4.44. The van der Waals surface area contributed by atoms with Crippen molar-refractivity contribution in [2.45, 2.75) is 19.8 Å². The van der Waals surface area contributed by atoms with E-state index in [4.69, 9.17) is 20.3 Å². The van der Waals surface area contributed by atoms with E-state index < -0.39 is 0 Å². The number of nitrogens with two attached hydrogens (primary N) is 1. The van der Waals surface area contributed by atoms with E-state index in [0.717, 1.165) is 28.2 Å². The van der Waals surface area contributed by atoms with E-state index in [1.54, 1.807) is 7.11 Å². The van der Waals surface area contributed by atoms with Gasteiger partial charge in [-0.15, -0.1) is 0 Å². The van der Waals surface area contributed by atoms with Gasteiger partial charge in [-0.05, 0) is 35.4 Å². The SMILES string of the molecule is COc1ccc(CN)cc1COc1cccc(CO)c1. The highest BCUT2D eigenvalue weighted by molar-refractivity contribution is 5.37. The van der Waals surface area contributed by atoms with Crippen LogP contribution in [0, 0.1) is 0 Å². The number of aliphatic hydroxyl groups excluding tert-OH is 1. The Morgan fingerprint density at radius 2 is 1.95 bits per heavy atom. The molecule has 0 unspecified atom stereocenters. The highest BCUT2D eigenvalue weighted by Crippen LogP contribution is 2.22. The summed E-state index contributed by atoms with van der Waals surface area (Å²) in [5.74, 6) is 1.50. The smallest absolute Gasteiger partial charge is 0.125 e. The second-order valence-corrected chi connectivity index (χ2v) is 4.44. The Labute approximate surface area is 118 Å². The van der Waals surface area contributed by atoms with Crippen LogP contribution in [0.3, 0.4) is 0 Å². The van der Waals surface area contributed by atoms with Crippen molar-refractivity contribution < 1.29 is 14.6 Å². The van der Waals surface area contributed by atoms with Crippen molar-refractivity contribution >= 4 is 0 Å². The molecule has 0 heterocycles. The molecule has 106 valence electrons. The van der Waals surface area contributed by atoms with Gasteiger partial charge in [0, 0.05) is 12.1 Å². The number of methoxy groups -OCH3 is 1. The van der Waals surface area contributed by atoms with Crippen molar-refractivity contribution in [3.8, 4) is 11.5 Å². The van der Waals surface area contributed by atoms with Gasteiger partial charge < -0.3 is 20.3 Å². The molecular weight excluding hydrogens is 254 g/mol. The molecule has 0 saturated carbocycles. The molecular formula is C16H19NO3. The molecule has 20 heavy (non-hydrogen) atoms. The van der Waals surface area contributed by atoms with Crippen molar-refractivity contribution in [2.75, 3.05) is 7.11 Å². The minimum absolute atomic E-state index is 0.00315. The summed E-state index contributed by atoms with van der Waals surface area (Å²) in [5, 5.41) is 9.11. The van der Waals surface area contributed by atoms with Gasteiger partial charge in [0.1, 0.15) is 18.1 Å². The first-order valence-corrected chi connectivity index (χ1v) is 6.45.